The van der Waals surface area contributed by atoms with Crippen LogP contribution in [0.3, 0.4) is 0 Å². The molecule has 3 nitrogen and oxygen atoms in total. The Bertz CT molecular complexity index is 152. The van der Waals surface area contributed by atoms with Crippen LogP contribution in [0.15, 0.2) is 0 Å². The maximum absolute atomic E-state index is 5.14. The molecule has 0 radical (unpaired) electrons. The van der Waals surface area contributed by atoms with Crippen molar-refractivity contribution in [2.45, 2.75) is 38.8 Å². The molecule has 0 saturated carbocycles. The van der Waals surface area contributed by atoms with Crippen molar-refractivity contribution in [1.82, 2.24) is 10.2 Å². The van der Waals surface area contributed by atoms with Crippen molar-refractivity contribution >= 4 is 0 Å². The molecule has 0 aromatic rings. The van der Waals surface area contributed by atoms with E-state index >= 15 is 0 Å². The molecule has 84 valence electrons. The topological polar surface area (TPSA) is 24.5 Å². The van der Waals surface area contributed by atoms with Crippen molar-refractivity contribution in [1.29, 1.82) is 0 Å². The van der Waals surface area contributed by atoms with Crippen LogP contribution in [0.1, 0.15) is 26.7 Å². The van der Waals surface area contributed by atoms with Gasteiger partial charge in [-0.3, -0.25) is 4.90 Å². The summed E-state index contributed by atoms with van der Waals surface area (Å²) in [6.45, 7) is 8.80. The van der Waals surface area contributed by atoms with Crippen LogP contribution in [0.25, 0.3) is 0 Å². The number of rotatable bonds is 4. The second-order valence-corrected chi connectivity index (χ2v) is 4.18. The first kappa shape index (κ1) is 12.0. The van der Waals surface area contributed by atoms with Gasteiger partial charge in [0, 0.05) is 32.3 Å². The number of ether oxygens (including phenoxy) is 1. The third-order valence-electron chi connectivity index (χ3n) is 3.15. The number of hydrogen-bond donors (Lipinski definition) is 1. The molecule has 1 fully saturated rings. The van der Waals surface area contributed by atoms with Crippen LogP contribution in [0.2, 0.25) is 0 Å². The third kappa shape index (κ3) is 3.56. The second-order valence-electron chi connectivity index (χ2n) is 4.18. The zero-order chi connectivity index (χ0) is 10.4. The molecule has 1 heterocycles. The molecular weight excluding hydrogens is 176 g/mol. The third-order valence-corrected chi connectivity index (χ3v) is 3.15. The van der Waals surface area contributed by atoms with Gasteiger partial charge in [0.1, 0.15) is 0 Å². The van der Waals surface area contributed by atoms with Gasteiger partial charge < -0.3 is 10.1 Å². The van der Waals surface area contributed by atoms with Crippen LogP contribution in [0.5, 0.6) is 0 Å². The first-order valence-electron chi connectivity index (χ1n) is 5.74. The second kappa shape index (κ2) is 6.38. The van der Waals surface area contributed by atoms with Crippen molar-refractivity contribution < 1.29 is 4.74 Å². The van der Waals surface area contributed by atoms with E-state index in [1.54, 1.807) is 7.11 Å². The molecule has 0 spiro atoms. The Kier molecular flexibility index (Phi) is 5.45. The molecule has 0 amide bonds. The highest BCUT2D eigenvalue weighted by Gasteiger charge is 2.20. The van der Waals surface area contributed by atoms with Crippen molar-refractivity contribution in [3.63, 3.8) is 0 Å². The summed E-state index contributed by atoms with van der Waals surface area (Å²) in [7, 11) is 1.78. The Morgan fingerprint density at radius 1 is 1.50 bits per heavy atom. The van der Waals surface area contributed by atoms with Crippen molar-refractivity contribution in [2.24, 2.45) is 0 Å². The molecule has 1 aliphatic heterocycles. The first-order chi connectivity index (χ1) is 6.77. The molecule has 2 unspecified atom stereocenters. The predicted octanol–water partition coefficient (Wildman–Crippen LogP) is 1.10. The van der Waals surface area contributed by atoms with Gasteiger partial charge in [0.15, 0.2) is 0 Å². The molecule has 0 bridgehead atoms. The van der Waals surface area contributed by atoms with E-state index in [0.29, 0.717) is 12.1 Å². The molecule has 1 saturated heterocycles. The van der Waals surface area contributed by atoms with Gasteiger partial charge in [0.05, 0.1) is 6.61 Å². The van der Waals surface area contributed by atoms with Gasteiger partial charge in [-0.05, 0) is 26.3 Å². The molecule has 1 aliphatic rings. The maximum atomic E-state index is 5.14. The van der Waals surface area contributed by atoms with E-state index in [1.165, 1.54) is 19.4 Å². The van der Waals surface area contributed by atoms with Gasteiger partial charge in [0.2, 0.25) is 0 Å². The van der Waals surface area contributed by atoms with Crippen LogP contribution in [0.4, 0.5) is 0 Å². The fourth-order valence-corrected chi connectivity index (χ4v) is 2.00. The largest absolute Gasteiger partial charge is 0.383 e. The van der Waals surface area contributed by atoms with E-state index in [1.807, 2.05) is 0 Å². The van der Waals surface area contributed by atoms with E-state index in [2.05, 4.69) is 24.1 Å². The van der Waals surface area contributed by atoms with Crippen LogP contribution in [-0.4, -0.2) is 50.3 Å². The van der Waals surface area contributed by atoms with Crippen molar-refractivity contribution in [3.05, 3.63) is 0 Å². The number of hydrogen-bond acceptors (Lipinski definition) is 3. The summed E-state index contributed by atoms with van der Waals surface area (Å²) in [5.74, 6) is 0. The summed E-state index contributed by atoms with van der Waals surface area (Å²) in [5, 5.41) is 3.59. The van der Waals surface area contributed by atoms with Gasteiger partial charge in [-0.15, -0.1) is 0 Å². The Hall–Kier alpha value is -0.120. The van der Waals surface area contributed by atoms with Gasteiger partial charge >= 0.3 is 0 Å². The summed E-state index contributed by atoms with van der Waals surface area (Å²) in [5.41, 5.74) is 0. The Labute approximate surface area is 87.8 Å². The van der Waals surface area contributed by atoms with Crippen LogP contribution < -0.4 is 5.32 Å². The zero-order valence-corrected chi connectivity index (χ0v) is 9.75. The molecule has 14 heavy (non-hydrogen) atoms. The normalized spacial score (nSPS) is 30.2. The predicted molar refractivity (Wildman–Crippen MR) is 59.6 cm³/mol. The molecule has 2 atom stereocenters. The van der Waals surface area contributed by atoms with Gasteiger partial charge in [-0.1, -0.05) is 6.92 Å². The lowest BCUT2D eigenvalue weighted by atomic mass is 10.2. The fourth-order valence-electron chi connectivity index (χ4n) is 2.00. The van der Waals surface area contributed by atoms with E-state index in [9.17, 15) is 0 Å². The van der Waals surface area contributed by atoms with Gasteiger partial charge in [-0.2, -0.15) is 0 Å². The molecule has 0 aliphatic carbocycles. The van der Waals surface area contributed by atoms with Gasteiger partial charge in [0.25, 0.3) is 0 Å². The monoisotopic (exact) mass is 200 g/mol. The van der Waals surface area contributed by atoms with Crippen LogP contribution >= 0.6 is 0 Å². The Balaban J connectivity index is 2.41. The number of nitrogens with zero attached hydrogens (tertiary/aromatic N) is 1. The lowest BCUT2D eigenvalue weighted by Gasteiger charge is -2.28. The average molecular weight is 200 g/mol. The molecule has 1 rings (SSSR count). The summed E-state index contributed by atoms with van der Waals surface area (Å²) in [6, 6.07) is 1.35. The minimum atomic E-state index is 0.664. The van der Waals surface area contributed by atoms with Crippen molar-refractivity contribution in [2.75, 3.05) is 33.4 Å². The minimum Gasteiger partial charge on any atom is -0.383 e. The fraction of sp³-hybridized carbons (Fsp3) is 1.00. The molecule has 1 N–H and O–H groups in total. The smallest absolute Gasteiger partial charge is 0.0589 e. The minimum absolute atomic E-state index is 0.664. The maximum Gasteiger partial charge on any atom is 0.0589 e. The standard InChI is InChI=1S/C11H24N2O/c1-4-11-9-13(7-8-14-3)10(2)5-6-12-11/h10-12H,4-9H2,1-3H3. The van der Waals surface area contributed by atoms with E-state index < -0.39 is 0 Å². The van der Waals surface area contributed by atoms with Gasteiger partial charge in [-0.25, -0.2) is 0 Å². The highest BCUT2D eigenvalue weighted by Crippen LogP contribution is 2.09. The summed E-state index contributed by atoms with van der Waals surface area (Å²) in [6.07, 6.45) is 2.47. The quantitative estimate of drug-likeness (QED) is 0.735. The highest BCUT2D eigenvalue weighted by atomic mass is 16.5. The molecular formula is C11H24N2O. The SMILES string of the molecule is CCC1CN(CCOC)C(C)CCN1. The van der Waals surface area contributed by atoms with Crippen molar-refractivity contribution in [3.8, 4) is 0 Å². The lowest BCUT2D eigenvalue weighted by molar-refractivity contribution is 0.123. The first-order valence-corrected chi connectivity index (χ1v) is 5.74. The lowest BCUT2D eigenvalue weighted by Crippen LogP contribution is -2.41. The Morgan fingerprint density at radius 2 is 2.29 bits per heavy atom. The Morgan fingerprint density at radius 3 is 2.93 bits per heavy atom. The highest BCUT2D eigenvalue weighted by molar-refractivity contribution is 4.79. The summed E-state index contributed by atoms with van der Waals surface area (Å²) >= 11 is 0. The molecule has 3 heteroatoms. The van der Waals surface area contributed by atoms with Crippen LogP contribution in [-0.2, 0) is 4.74 Å². The zero-order valence-electron chi connectivity index (χ0n) is 9.75. The van der Waals surface area contributed by atoms with E-state index in [-0.39, 0.29) is 0 Å². The summed E-state index contributed by atoms with van der Waals surface area (Å²) < 4.78 is 5.14. The van der Waals surface area contributed by atoms with Crippen LogP contribution in [0, 0.1) is 0 Å². The molecule has 0 aromatic carbocycles. The molecule has 0 aromatic heterocycles. The average Bonchev–Trinajstić information content (AvgIpc) is 2.37. The summed E-state index contributed by atoms with van der Waals surface area (Å²) in [4.78, 5) is 2.54. The number of nitrogens with one attached hydrogen (secondary N) is 1. The van der Waals surface area contributed by atoms with E-state index in [0.717, 1.165) is 19.7 Å². The number of methoxy groups -OCH3 is 1. The van der Waals surface area contributed by atoms with E-state index in [4.69, 9.17) is 4.74 Å².